The minimum atomic E-state index is -0.412. The Kier molecular flexibility index (Phi) is 3.68. The van der Waals surface area contributed by atoms with E-state index in [-0.39, 0.29) is 17.9 Å². The molecule has 2 heterocycles. The summed E-state index contributed by atoms with van der Waals surface area (Å²) >= 11 is 0. The molecule has 112 valence electrons. The zero-order chi connectivity index (χ0) is 15.0. The van der Waals surface area contributed by atoms with Gasteiger partial charge in [0.05, 0.1) is 12.7 Å². The number of amides is 2. The summed E-state index contributed by atoms with van der Waals surface area (Å²) in [6.07, 6.45) is 0.651. The fraction of sp³-hybridized carbons (Fsp3) is 0.500. The molecular formula is C16H20N2O3. The summed E-state index contributed by atoms with van der Waals surface area (Å²) < 4.78 is 5.48. The number of hydrogen-bond donors (Lipinski definition) is 0. The molecule has 0 aromatic heterocycles. The molecule has 0 radical (unpaired) electrons. The number of carbonyl (C=O) groups excluding carboxylic acids is 2. The predicted molar refractivity (Wildman–Crippen MR) is 79.1 cm³/mol. The lowest BCUT2D eigenvalue weighted by Gasteiger charge is -2.35. The van der Waals surface area contributed by atoms with Crippen LogP contribution in [0.3, 0.4) is 0 Å². The van der Waals surface area contributed by atoms with E-state index >= 15 is 0 Å². The maximum atomic E-state index is 12.8. The van der Waals surface area contributed by atoms with Crippen molar-refractivity contribution in [3.8, 4) is 0 Å². The first-order valence-electron chi connectivity index (χ1n) is 7.36. The third kappa shape index (κ3) is 2.53. The first kappa shape index (κ1) is 14.1. The van der Waals surface area contributed by atoms with E-state index in [0.717, 1.165) is 11.3 Å². The molecule has 1 unspecified atom stereocenters. The molecule has 1 fully saturated rings. The fourth-order valence-corrected chi connectivity index (χ4v) is 3.20. The van der Waals surface area contributed by atoms with Gasteiger partial charge in [0.2, 0.25) is 11.8 Å². The molecule has 1 aromatic rings. The number of anilines is 1. The average molecular weight is 288 g/mol. The average Bonchev–Trinajstić information content (AvgIpc) is 2.85. The van der Waals surface area contributed by atoms with Gasteiger partial charge >= 0.3 is 0 Å². The van der Waals surface area contributed by atoms with Gasteiger partial charge in [-0.2, -0.15) is 0 Å². The van der Waals surface area contributed by atoms with Gasteiger partial charge in [-0.15, -0.1) is 0 Å². The molecule has 0 saturated carbocycles. The lowest BCUT2D eigenvalue weighted by atomic mass is 10.1. The van der Waals surface area contributed by atoms with Gasteiger partial charge in [0.25, 0.3) is 0 Å². The molecule has 2 atom stereocenters. The van der Waals surface area contributed by atoms with Crippen molar-refractivity contribution < 1.29 is 14.3 Å². The molecule has 5 nitrogen and oxygen atoms in total. The van der Waals surface area contributed by atoms with Gasteiger partial charge in [-0.25, -0.2) is 0 Å². The Hall–Kier alpha value is -1.88. The molecule has 5 heteroatoms. The maximum Gasteiger partial charge on any atom is 0.246 e. The summed E-state index contributed by atoms with van der Waals surface area (Å²) in [6.45, 7) is 5.24. The third-order valence-corrected chi connectivity index (χ3v) is 4.15. The highest BCUT2D eigenvalue weighted by Crippen LogP contribution is 2.33. The molecular weight excluding hydrogens is 268 g/mol. The van der Waals surface area contributed by atoms with Crippen molar-refractivity contribution in [2.24, 2.45) is 0 Å². The largest absolute Gasteiger partial charge is 0.375 e. The van der Waals surface area contributed by atoms with E-state index in [4.69, 9.17) is 4.74 Å². The Labute approximate surface area is 124 Å². The van der Waals surface area contributed by atoms with Crippen molar-refractivity contribution in [3.05, 3.63) is 29.8 Å². The Bertz CT molecular complexity index is 572. The maximum absolute atomic E-state index is 12.8. The van der Waals surface area contributed by atoms with Crippen LogP contribution < -0.4 is 4.90 Å². The first-order valence-corrected chi connectivity index (χ1v) is 7.36. The van der Waals surface area contributed by atoms with Gasteiger partial charge in [0.1, 0.15) is 6.04 Å². The highest BCUT2D eigenvalue weighted by molar-refractivity contribution is 6.02. The van der Waals surface area contributed by atoms with E-state index in [9.17, 15) is 9.59 Å². The zero-order valence-corrected chi connectivity index (χ0v) is 12.4. The summed E-state index contributed by atoms with van der Waals surface area (Å²) in [7, 11) is 0. The summed E-state index contributed by atoms with van der Waals surface area (Å²) in [5.74, 6) is -0.0591. The molecule has 0 bridgehead atoms. The number of carbonyl (C=O) groups is 2. The van der Waals surface area contributed by atoms with Crippen LogP contribution in [-0.2, 0) is 20.7 Å². The van der Waals surface area contributed by atoms with E-state index in [1.807, 2.05) is 36.1 Å². The van der Waals surface area contributed by atoms with Crippen molar-refractivity contribution in [1.29, 1.82) is 0 Å². The highest BCUT2D eigenvalue weighted by atomic mass is 16.5. The van der Waals surface area contributed by atoms with Gasteiger partial charge in [-0.3, -0.25) is 14.5 Å². The fourth-order valence-electron chi connectivity index (χ4n) is 3.20. The Morgan fingerprint density at radius 1 is 1.29 bits per heavy atom. The van der Waals surface area contributed by atoms with Crippen LogP contribution in [0, 0.1) is 0 Å². The number of hydrogen-bond acceptors (Lipinski definition) is 3. The number of morpholine rings is 1. The number of fused-ring (bicyclic) bond motifs is 1. The second kappa shape index (κ2) is 5.48. The van der Waals surface area contributed by atoms with Crippen molar-refractivity contribution in [1.82, 2.24) is 4.90 Å². The van der Waals surface area contributed by atoms with Crippen molar-refractivity contribution >= 4 is 17.5 Å². The lowest BCUT2D eigenvalue weighted by molar-refractivity contribution is -0.140. The van der Waals surface area contributed by atoms with Gasteiger partial charge in [0, 0.05) is 32.1 Å². The standard InChI is InChI=1S/C16H20N2O3/c1-11-10-17(7-8-21-11)16(20)15-9-13-5-3-4-6-14(13)18(15)12(2)19/h3-6,11,15H,7-10H2,1-2H3/t11?,15-/m0/s1. The quantitative estimate of drug-likeness (QED) is 0.780. The normalized spacial score (nSPS) is 24.9. The molecule has 0 spiro atoms. The number of rotatable bonds is 1. The SMILES string of the molecule is CC(=O)N1c2ccccc2C[C@H]1C(=O)N1CCOC(C)C1. The zero-order valence-electron chi connectivity index (χ0n) is 12.4. The Balaban J connectivity index is 1.85. The number of benzene rings is 1. The third-order valence-electron chi connectivity index (χ3n) is 4.15. The topological polar surface area (TPSA) is 49.9 Å². The molecule has 1 saturated heterocycles. The van der Waals surface area contributed by atoms with E-state index in [0.29, 0.717) is 26.1 Å². The van der Waals surface area contributed by atoms with Crippen LogP contribution in [0.1, 0.15) is 19.4 Å². The van der Waals surface area contributed by atoms with E-state index < -0.39 is 6.04 Å². The smallest absolute Gasteiger partial charge is 0.246 e. The highest BCUT2D eigenvalue weighted by Gasteiger charge is 2.39. The number of nitrogens with zero attached hydrogens (tertiary/aromatic N) is 2. The van der Waals surface area contributed by atoms with E-state index in [1.165, 1.54) is 6.92 Å². The van der Waals surface area contributed by atoms with E-state index in [1.54, 1.807) is 4.90 Å². The van der Waals surface area contributed by atoms with Gasteiger partial charge in [-0.1, -0.05) is 18.2 Å². The van der Waals surface area contributed by atoms with Crippen LogP contribution in [0.4, 0.5) is 5.69 Å². The van der Waals surface area contributed by atoms with Gasteiger partial charge in [0.15, 0.2) is 0 Å². The molecule has 0 N–H and O–H groups in total. The summed E-state index contributed by atoms with van der Waals surface area (Å²) in [5.41, 5.74) is 1.93. The van der Waals surface area contributed by atoms with Crippen LogP contribution in [0.25, 0.3) is 0 Å². The van der Waals surface area contributed by atoms with Crippen LogP contribution >= 0.6 is 0 Å². The summed E-state index contributed by atoms with van der Waals surface area (Å²) in [5, 5.41) is 0. The van der Waals surface area contributed by atoms with Crippen molar-refractivity contribution in [3.63, 3.8) is 0 Å². The van der Waals surface area contributed by atoms with Crippen LogP contribution in [0.5, 0.6) is 0 Å². The number of para-hydroxylation sites is 1. The minimum absolute atomic E-state index is 0.0246. The van der Waals surface area contributed by atoms with Crippen LogP contribution in [0.15, 0.2) is 24.3 Å². The van der Waals surface area contributed by atoms with Crippen LogP contribution in [-0.4, -0.2) is 48.6 Å². The molecule has 1 aromatic carbocycles. The number of ether oxygens (including phenoxy) is 1. The Morgan fingerprint density at radius 3 is 2.76 bits per heavy atom. The molecule has 2 amide bonds. The van der Waals surface area contributed by atoms with E-state index in [2.05, 4.69) is 0 Å². The summed E-state index contributed by atoms with van der Waals surface area (Å²) in [4.78, 5) is 28.3. The summed E-state index contributed by atoms with van der Waals surface area (Å²) in [6, 6.07) is 7.33. The minimum Gasteiger partial charge on any atom is -0.375 e. The van der Waals surface area contributed by atoms with Crippen molar-refractivity contribution in [2.45, 2.75) is 32.4 Å². The molecule has 2 aliphatic heterocycles. The van der Waals surface area contributed by atoms with Gasteiger partial charge < -0.3 is 9.64 Å². The molecule has 21 heavy (non-hydrogen) atoms. The lowest BCUT2D eigenvalue weighted by Crippen LogP contribution is -2.53. The Morgan fingerprint density at radius 2 is 2.05 bits per heavy atom. The van der Waals surface area contributed by atoms with Crippen molar-refractivity contribution in [2.75, 3.05) is 24.6 Å². The van der Waals surface area contributed by atoms with Gasteiger partial charge in [-0.05, 0) is 18.6 Å². The molecule has 2 aliphatic rings. The first-order chi connectivity index (χ1) is 10.1. The monoisotopic (exact) mass is 288 g/mol. The predicted octanol–water partition coefficient (Wildman–Crippen LogP) is 1.21. The van der Waals surface area contributed by atoms with Crippen LogP contribution in [0.2, 0.25) is 0 Å². The second-order valence-corrected chi connectivity index (χ2v) is 5.70. The second-order valence-electron chi connectivity index (χ2n) is 5.70. The molecule has 0 aliphatic carbocycles. The molecule has 3 rings (SSSR count).